The van der Waals surface area contributed by atoms with Crippen molar-refractivity contribution < 1.29 is 0 Å². The van der Waals surface area contributed by atoms with Crippen LogP contribution in [0.5, 0.6) is 0 Å². The molecular formula is C18H20ClN. The topological polar surface area (TPSA) is 26.0 Å². The van der Waals surface area contributed by atoms with Crippen LogP contribution in [0.4, 0.5) is 0 Å². The monoisotopic (exact) mass is 285 g/mol. The molecule has 0 spiro atoms. The molecule has 0 aromatic heterocycles. The number of aryl methyl sites for hydroxylation is 2. The lowest BCUT2D eigenvalue weighted by Crippen LogP contribution is -2.23. The van der Waals surface area contributed by atoms with E-state index in [-0.39, 0.29) is 6.04 Å². The summed E-state index contributed by atoms with van der Waals surface area (Å²) in [6.45, 7) is 4.14. The second-order valence-corrected chi connectivity index (χ2v) is 6.33. The fourth-order valence-electron chi connectivity index (χ4n) is 3.26. The van der Waals surface area contributed by atoms with Crippen LogP contribution in [-0.4, -0.2) is 0 Å². The molecule has 0 amide bonds. The van der Waals surface area contributed by atoms with E-state index in [9.17, 15) is 0 Å². The van der Waals surface area contributed by atoms with Crippen LogP contribution in [0.3, 0.4) is 0 Å². The van der Waals surface area contributed by atoms with Crippen molar-refractivity contribution in [2.75, 3.05) is 0 Å². The SMILES string of the molecule is Cc1cc(C(N)C2Cc3ccccc3C2)c(C)cc1Cl. The van der Waals surface area contributed by atoms with Gasteiger partial charge in [0, 0.05) is 11.1 Å². The Balaban J connectivity index is 1.88. The van der Waals surface area contributed by atoms with E-state index in [2.05, 4.69) is 37.3 Å². The van der Waals surface area contributed by atoms with Crippen molar-refractivity contribution >= 4 is 11.6 Å². The molecule has 2 aromatic rings. The summed E-state index contributed by atoms with van der Waals surface area (Å²) in [6.07, 6.45) is 2.16. The van der Waals surface area contributed by atoms with Crippen molar-refractivity contribution in [3.63, 3.8) is 0 Å². The summed E-state index contributed by atoms with van der Waals surface area (Å²) in [4.78, 5) is 0. The summed E-state index contributed by atoms with van der Waals surface area (Å²) in [5, 5.41) is 0.827. The summed E-state index contributed by atoms with van der Waals surface area (Å²) < 4.78 is 0. The molecule has 2 heteroatoms. The summed E-state index contributed by atoms with van der Waals surface area (Å²) in [6, 6.07) is 13.0. The predicted octanol–water partition coefficient (Wildman–Crippen LogP) is 4.37. The highest BCUT2D eigenvalue weighted by molar-refractivity contribution is 6.31. The Labute approximate surface area is 125 Å². The summed E-state index contributed by atoms with van der Waals surface area (Å²) in [5.74, 6) is 0.492. The van der Waals surface area contributed by atoms with Crippen LogP contribution < -0.4 is 5.73 Å². The van der Waals surface area contributed by atoms with Gasteiger partial charge in [0.2, 0.25) is 0 Å². The summed E-state index contributed by atoms with van der Waals surface area (Å²) >= 11 is 6.18. The first-order chi connectivity index (χ1) is 9.56. The number of fused-ring (bicyclic) bond motifs is 1. The average molecular weight is 286 g/mol. The van der Waals surface area contributed by atoms with E-state index >= 15 is 0 Å². The van der Waals surface area contributed by atoms with Crippen molar-refractivity contribution in [1.82, 2.24) is 0 Å². The zero-order valence-electron chi connectivity index (χ0n) is 12.0. The fraction of sp³-hybridized carbons (Fsp3) is 0.333. The zero-order valence-corrected chi connectivity index (χ0v) is 12.7. The summed E-state index contributed by atoms with van der Waals surface area (Å²) in [5.41, 5.74) is 13.0. The molecule has 1 unspecified atom stereocenters. The maximum Gasteiger partial charge on any atom is 0.0438 e. The predicted molar refractivity (Wildman–Crippen MR) is 85.2 cm³/mol. The zero-order chi connectivity index (χ0) is 14.3. The standard InChI is InChI=1S/C18H20ClN/c1-11-8-17(19)12(2)7-16(11)18(20)15-9-13-5-3-4-6-14(13)10-15/h3-8,15,18H,9-10,20H2,1-2H3. The number of hydrogen-bond donors (Lipinski definition) is 1. The van der Waals surface area contributed by atoms with Gasteiger partial charge in [-0.3, -0.25) is 0 Å². The number of rotatable bonds is 2. The molecule has 0 saturated carbocycles. The fourth-order valence-corrected chi connectivity index (χ4v) is 3.48. The lowest BCUT2D eigenvalue weighted by atomic mass is 9.88. The smallest absolute Gasteiger partial charge is 0.0438 e. The molecule has 104 valence electrons. The molecule has 0 heterocycles. The molecule has 0 bridgehead atoms. The van der Waals surface area contributed by atoms with Gasteiger partial charge in [-0.15, -0.1) is 0 Å². The molecule has 3 rings (SSSR count). The second kappa shape index (κ2) is 5.23. The minimum Gasteiger partial charge on any atom is -0.324 e. The largest absolute Gasteiger partial charge is 0.324 e. The summed E-state index contributed by atoms with van der Waals surface area (Å²) in [7, 11) is 0. The van der Waals surface area contributed by atoms with Gasteiger partial charge >= 0.3 is 0 Å². The van der Waals surface area contributed by atoms with Gasteiger partial charge in [0.15, 0.2) is 0 Å². The van der Waals surface area contributed by atoms with E-state index in [1.165, 1.54) is 22.3 Å². The lowest BCUT2D eigenvalue weighted by molar-refractivity contribution is 0.452. The first-order valence-corrected chi connectivity index (χ1v) is 7.53. The van der Waals surface area contributed by atoms with Crippen molar-refractivity contribution in [2.24, 2.45) is 11.7 Å². The number of benzene rings is 2. The molecular weight excluding hydrogens is 266 g/mol. The van der Waals surface area contributed by atoms with E-state index in [0.29, 0.717) is 5.92 Å². The van der Waals surface area contributed by atoms with E-state index in [4.69, 9.17) is 17.3 Å². The molecule has 0 fully saturated rings. The van der Waals surface area contributed by atoms with Crippen molar-refractivity contribution in [3.8, 4) is 0 Å². The Morgan fingerprint density at radius 1 is 1.05 bits per heavy atom. The Kier molecular flexibility index (Phi) is 3.57. The Bertz CT molecular complexity index is 623. The molecule has 0 radical (unpaired) electrons. The van der Waals surface area contributed by atoms with Gasteiger partial charge in [0.1, 0.15) is 0 Å². The highest BCUT2D eigenvalue weighted by Crippen LogP contribution is 2.36. The van der Waals surface area contributed by atoms with Gasteiger partial charge < -0.3 is 5.73 Å². The van der Waals surface area contributed by atoms with Crippen molar-refractivity contribution in [2.45, 2.75) is 32.7 Å². The molecule has 1 atom stereocenters. The maximum atomic E-state index is 6.56. The Hall–Kier alpha value is -1.31. The van der Waals surface area contributed by atoms with E-state index < -0.39 is 0 Å². The van der Waals surface area contributed by atoms with E-state index in [1.54, 1.807) is 0 Å². The number of halogens is 1. The Morgan fingerprint density at radius 3 is 2.25 bits per heavy atom. The molecule has 1 nitrogen and oxygen atoms in total. The van der Waals surface area contributed by atoms with Gasteiger partial charge in [-0.25, -0.2) is 0 Å². The minimum atomic E-state index is 0.0818. The average Bonchev–Trinajstić information content (AvgIpc) is 2.86. The van der Waals surface area contributed by atoms with E-state index in [1.807, 2.05) is 13.0 Å². The van der Waals surface area contributed by atoms with Crippen molar-refractivity contribution in [3.05, 3.63) is 69.2 Å². The van der Waals surface area contributed by atoms with Crippen LogP contribution in [-0.2, 0) is 12.8 Å². The highest BCUT2D eigenvalue weighted by atomic mass is 35.5. The molecule has 20 heavy (non-hydrogen) atoms. The van der Waals surface area contributed by atoms with Crippen LogP contribution in [0.2, 0.25) is 5.02 Å². The van der Waals surface area contributed by atoms with Crippen LogP contribution in [0.25, 0.3) is 0 Å². The second-order valence-electron chi connectivity index (χ2n) is 5.92. The number of nitrogens with two attached hydrogens (primary N) is 1. The third-order valence-corrected chi connectivity index (χ3v) is 4.90. The Morgan fingerprint density at radius 2 is 1.65 bits per heavy atom. The van der Waals surface area contributed by atoms with Crippen LogP contribution in [0.15, 0.2) is 36.4 Å². The van der Waals surface area contributed by atoms with Gasteiger partial charge in [-0.1, -0.05) is 41.9 Å². The maximum absolute atomic E-state index is 6.56. The molecule has 0 saturated heterocycles. The van der Waals surface area contributed by atoms with Gasteiger partial charge in [0.05, 0.1) is 0 Å². The van der Waals surface area contributed by atoms with E-state index in [0.717, 1.165) is 23.4 Å². The van der Waals surface area contributed by atoms with Gasteiger partial charge in [-0.2, -0.15) is 0 Å². The first kappa shape index (κ1) is 13.7. The van der Waals surface area contributed by atoms with Crippen LogP contribution >= 0.6 is 11.6 Å². The quantitative estimate of drug-likeness (QED) is 0.871. The molecule has 2 aromatic carbocycles. The molecule has 0 aliphatic heterocycles. The van der Waals surface area contributed by atoms with Gasteiger partial charge in [-0.05, 0) is 66.5 Å². The lowest BCUT2D eigenvalue weighted by Gasteiger charge is -2.22. The molecule has 2 N–H and O–H groups in total. The normalized spacial score (nSPS) is 16.2. The van der Waals surface area contributed by atoms with Gasteiger partial charge in [0.25, 0.3) is 0 Å². The third kappa shape index (κ3) is 2.36. The van der Waals surface area contributed by atoms with Crippen LogP contribution in [0, 0.1) is 19.8 Å². The molecule has 1 aliphatic carbocycles. The third-order valence-electron chi connectivity index (χ3n) is 4.50. The first-order valence-electron chi connectivity index (χ1n) is 7.15. The van der Waals surface area contributed by atoms with Crippen LogP contribution in [0.1, 0.15) is 33.9 Å². The highest BCUT2D eigenvalue weighted by Gasteiger charge is 2.28. The van der Waals surface area contributed by atoms with Crippen molar-refractivity contribution in [1.29, 1.82) is 0 Å². The number of hydrogen-bond acceptors (Lipinski definition) is 1. The minimum absolute atomic E-state index is 0.0818. The molecule has 1 aliphatic rings.